The SMILES string of the molecule is Cc1cc(C(O)C(O)CC#N)cs1. The van der Waals surface area contributed by atoms with Gasteiger partial charge in [0.1, 0.15) is 6.10 Å². The van der Waals surface area contributed by atoms with E-state index in [2.05, 4.69) is 0 Å². The number of nitrogens with zero attached hydrogens (tertiary/aromatic N) is 1. The molecule has 2 atom stereocenters. The van der Waals surface area contributed by atoms with Crippen molar-refractivity contribution >= 4 is 11.3 Å². The molecule has 13 heavy (non-hydrogen) atoms. The van der Waals surface area contributed by atoms with Gasteiger partial charge in [-0.3, -0.25) is 0 Å². The number of aliphatic hydroxyl groups excluding tert-OH is 2. The van der Waals surface area contributed by atoms with E-state index in [0.717, 1.165) is 4.88 Å². The maximum atomic E-state index is 9.54. The zero-order chi connectivity index (χ0) is 9.84. The average Bonchev–Trinajstić information content (AvgIpc) is 2.51. The molecule has 4 heteroatoms. The third-order valence-corrected chi connectivity index (χ3v) is 2.64. The summed E-state index contributed by atoms with van der Waals surface area (Å²) >= 11 is 1.51. The zero-order valence-corrected chi connectivity index (χ0v) is 8.08. The summed E-state index contributed by atoms with van der Waals surface area (Å²) in [5.41, 5.74) is 0.685. The molecule has 0 aromatic carbocycles. The van der Waals surface area contributed by atoms with Crippen molar-refractivity contribution in [2.24, 2.45) is 0 Å². The summed E-state index contributed by atoms with van der Waals surface area (Å²) in [6, 6.07) is 3.63. The highest BCUT2D eigenvalue weighted by Crippen LogP contribution is 2.23. The van der Waals surface area contributed by atoms with Crippen LogP contribution in [0, 0.1) is 18.3 Å². The van der Waals surface area contributed by atoms with Gasteiger partial charge in [0, 0.05) is 4.88 Å². The third kappa shape index (κ3) is 2.52. The van der Waals surface area contributed by atoms with E-state index >= 15 is 0 Å². The number of hydrogen-bond acceptors (Lipinski definition) is 4. The fraction of sp³-hybridized carbons (Fsp3) is 0.444. The Morgan fingerprint density at radius 2 is 2.31 bits per heavy atom. The van der Waals surface area contributed by atoms with Gasteiger partial charge in [-0.25, -0.2) is 0 Å². The van der Waals surface area contributed by atoms with Crippen molar-refractivity contribution in [2.75, 3.05) is 0 Å². The van der Waals surface area contributed by atoms with Gasteiger partial charge in [-0.1, -0.05) is 0 Å². The predicted octanol–water partition coefficient (Wildman–Crippen LogP) is 1.36. The first kappa shape index (κ1) is 10.2. The molecular formula is C9H11NO2S. The molecule has 1 aromatic rings. The standard InChI is InChI=1S/C9H11NO2S/c1-6-4-7(5-13-6)9(12)8(11)2-3-10/h4-5,8-9,11-12H,2H2,1H3. The second-order valence-electron chi connectivity index (χ2n) is 2.87. The van der Waals surface area contributed by atoms with Crippen molar-refractivity contribution in [1.29, 1.82) is 5.26 Å². The summed E-state index contributed by atoms with van der Waals surface area (Å²) in [5.74, 6) is 0. The maximum Gasteiger partial charge on any atom is 0.107 e. The fourth-order valence-corrected chi connectivity index (χ4v) is 1.78. The Morgan fingerprint density at radius 1 is 1.62 bits per heavy atom. The summed E-state index contributed by atoms with van der Waals surface area (Å²) in [6.45, 7) is 1.93. The van der Waals surface area contributed by atoms with E-state index in [-0.39, 0.29) is 6.42 Å². The van der Waals surface area contributed by atoms with Crippen molar-refractivity contribution < 1.29 is 10.2 Å². The second-order valence-corrected chi connectivity index (χ2v) is 3.98. The van der Waals surface area contributed by atoms with Gasteiger partial charge in [0.25, 0.3) is 0 Å². The molecule has 0 saturated heterocycles. The summed E-state index contributed by atoms with van der Waals surface area (Å²) < 4.78 is 0. The van der Waals surface area contributed by atoms with Crippen molar-refractivity contribution in [1.82, 2.24) is 0 Å². The third-order valence-electron chi connectivity index (χ3n) is 1.76. The van der Waals surface area contributed by atoms with Crippen molar-refractivity contribution in [2.45, 2.75) is 25.6 Å². The Labute approximate surface area is 80.9 Å². The van der Waals surface area contributed by atoms with Crippen LogP contribution < -0.4 is 0 Å². The van der Waals surface area contributed by atoms with Crippen LogP contribution in [0.4, 0.5) is 0 Å². The molecule has 1 heterocycles. The second kappa shape index (κ2) is 4.38. The molecule has 0 aliphatic rings. The number of aliphatic hydroxyl groups is 2. The lowest BCUT2D eigenvalue weighted by atomic mass is 10.1. The molecule has 2 N–H and O–H groups in total. The molecule has 70 valence electrons. The van der Waals surface area contributed by atoms with Crippen LogP contribution in [0.5, 0.6) is 0 Å². The van der Waals surface area contributed by atoms with Crippen LogP contribution in [0.3, 0.4) is 0 Å². The molecule has 0 amide bonds. The van der Waals surface area contributed by atoms with Crippen molar-refractivity contribution in [3.8, 4) is 6.07 Å². The van der Waals surface area contributed by atoms with E-state index in [0.29, 0.717) is 5.56 Å². The molecule has 0 saturated carbocycles. The van der Waals surface area contributed by atoms with E-state index in [4.69, 9.17) is 5.26 Å². The predicted molar refractivity (Wildman–Crippen MR) is 50.3 cm³/mol. The van der Waals surface area contributed by atoms with E-state index in [1.54, 1.807) is 5.38 Å². The molecule has 0 aliphatic heterocycles. The van der Waals surface area contributed by atoms with Crippen LogP contribution in [0.25, 0.3) is 0 Å². The first-order chi connectivity index (χ1) is 6.15. The zero-order valence-electron chi connectivity index (χ0n) is 7.27. The number of hydrogen-bond donors (Lipinski definition) is 2. The van der Waals surface area contributed by atoms with Gasteiger partial charge < -0.3 is 10.2 Å². The molecule has 0 spiro atoms. The lowest BCUT2D eigenvalue weighted by Crippen LogP contribution is -2.16. The number of thiophene rings is 1. The van der Waals surface area contributed by atoms with Gasteiger partial charge in [-0.15, -0.1) is 11.3 Å². The highest BCUT2D eigenvalue weighted by Gasteiger charge is 2.18. The van der Waals surface area contributed by atoms with Gasteiger partial charge in [0.15, 0.2) is 0 Å². The maximum absolute atomic E-state index is 9.54. The van der Waals surface area contributed by atoms with Gasteiger partial charge in [0.2, 0.25) is 0 Å². The molecule has 0 radical (unpaired) electrons. The van der Waals surface area contributed by atoms with Crippen LogP contribution in [0.15, 0.2) is 11.4 Å². The Kier molecular flexibility index (Phi) is 3.43. The Hall–Kier alpha value is -0.890. The highest BCUT2D eigenvalue weighted by molar-refractivity contribution is 7.10. The molecule has 3 nitrogen and oxygen atoms in total. The molecule has 0 fully saturated rings. The first-order valence-corrected chi connectivity index (χ1v) is 4.81. The van der Waals surface area contributed by atoms with E-state index in [1.807, 2.05) is 19.1 Å². The topological polar surface area (TPSA) is 64.2 Å². The van der Waals surface area contributed by atoms with Gasteiger partial charge >= 0.3 is 0 Å². The van der Waals surface area contributed by atoms with E-state index in [9.17, 15) is 10.2 Å². The minimum Gasteiger partial charge on any atom is -0.389 e. The largest absolute Gasteiger partial charge is 0.389 e. The monoisotopic (exact) mass is 197 g/mol. The minimum absolute atomic E-state index is 0.0456. The molecular weight excluding hydrogens is 186 g/mol. The van der Waals surface area contributed by atoms with E-state index in [1.165, 1.54) is 11.3 Å². The quantitative estimate of drug-likeness (QED) is 0.769. The van der Waals surface area contributed by atoms with Crippen LogP contribution >= 0.6 is 11.3 Å². The van der Waals surface area contributed by atoms with Crippen LogP contribution in [0.2, 0.25) is 0 Å². The number of rotatable bonds is 3. The smallest absolute Gasteiger partial charge is 0.107 e. The first-order valence-electron chi connectivity index (χ1n) is 3.93. The lowest BCUT2D eigenvalue weighted by molar-refractivity contribution is 0.0219. The summed E-state index contributed by atoms with van der Waals surface area (Å²) in [7, 11) is 0. The molecule has 1 aromatic heterocycles. The minimum atomic E-state index is -0.987. The summed E-state index contributed by atoms with van der Waals surface area (Å²) in [5, 5.41) is 29.0. The van der Waals surface area contributed by atoms with Gasteiger partial charge in [-0.2, -0.15) is 5.26 Å². The van der Waals surface area contributed by atoms with Crippen molar-refractivity contribution in [3.63, 3.8) is 0 Å². The summed E-state index contributed by atoms with van der Waals surface area (Å²) in [4.78, 5) is 1.08. The number of nitriles is 1. The molecule has 0 aliphatic carbocycles. The Balaban J connectivity index is 2.68. The molecule has 0 bridgehead atoms. The van der Waals surface area contributed by atoms with Gasteiger partial charge in [0.05, 0.1) is 18.6 Å². The summed E-state index contributed by atoms with van der Waals surface area (Å²) in [6.07, 6.45) is -1.97. The van der Waals surface area contributed by atoms with E-state index < -0.39 is 12.2 Å². The average molecular weight is 197 g/mol. The lowest BCUT2D eigenvalue weighted by Gasteiger charge is -2.13. The van der Waals surface area contributed by atoms with Crippen LogP contribution in [-0.4, -0.2) is 16.3 Å². The van der Waals surface area contributed by atoms with Crippen molar-refractivity contribution in [3.05, 3.63) is 21.9 Å². The highest BCUT2D eigenvalue weighted by atomic mass is 32.1. The number of aryl methyl sites for hydroxylation is 1. The Bertz CT molecular complexity index is 316. The van der Waals surface area contributed by atoms with Crippen LogP contribution in [-0.2, 0) is 0 Å². The normalized spacial score (nSPS) is 14.9. The molecule has 1 rings (SSSR count). The molecule has 2 unspecified atom stereocenters. The Morgan fingerprint density at radius 3 is 2.77 bits per heavy atom. The van der Waals surface area contributed by atoms with Crippen LogP contribution in [0.1, 0.15) is 23.0 Å². The van der Waals surface area contributed by atoms with Gasteiger partial charge in [-0.05, 0) is 23.9 Å². The fourth-order valence-electron chi connectivity index (χ4n) is 1.05.